The number of carbonyl (C=O) groups is 1. The summed E-state index contributed by atoms with van der Waals surface area (Å²) in [5, 5.41) is 1.25. The summed E-state index contributed by atoms with van der Waals surface area (Å²) in [6, 6.07) is 8.37. The molecule has 2 rings (SSSR count). The van der Waals surface area contributed by atoms with Gasteiger partial charge in [0.2, 0.25) is 0 Å². The molecule has 0 spiro atoms. The minimum atomic E-state index is 0.283. The summed E-state index contributed by atoms with van der Waals surface area (Å²) in [5.41, 5.74) is 1.25. The molecular weight excluding hydrogens is 278 g/mol. The fourth-order valence-electron chi connectivity index (χ4n) is 2.04. The van der Waals surface area contributed by atoms with E-state index in [0.717, 1.165) is 23.9 Å². The molecule has 0 atom stereocenters. The van der Waals surface area contributed by atoms with E-state index in [-0.39, 0.29) is 5.78 Å². The van der Waals surface area contributed by atoms with Crippen molar-refractivity contribution in [3.05, 3.63) is 34.9 Å². The topological polar surface area (TPSA) is 22.0 Å². The van der Waals surface area contributed by atoms with Crippen LogP contribution in [0.1, 0.15) is 26.2 Å². The Hall–Kier alpha value is -1.09. The van der Waals surface area contributed by atoms with Gasteiger partial charge in [-0.2, -0.15) is 0 Å². The van der Waals surface area contributed by atoms with E-state index in [1.54, 1.807) is 6.92 Å². The third-order valence-corrected chi connectivity index (χ3v) is 3.63. The lowest BCUT2D eigenvalue weighted by Crippen LogP contribution is -1.97. The SMILES string of the molecule is CC(=O)CCCCn1ccc2c(Br)cccc21. The number of hydrogen-bond acceptors (Lipinski definition) is 1. The average Bonchev–Trinajstić information content (AvgIpc) is 2.69. The molecular formula is C14H16BrNO. The summed E-state index contributed by atoms with van der Waals surface area (Å²) in [4.78, 5) is 10.8. The molecule has 3 heteroatoms. The molecule has 2 aromatic rings. The Morgan fingerprint density at radius 1 is 1.29 bits per heavy atom. The van der Waals surface area contributed by atoms with E-state index < -0.39 is 0 Å². The second kappa shape index (κ2) is 5.50. The number of rotatable bonds is 5. The van der Waals surface area contributed by atoms with Crippen LogP contribution >= 0.6 is 15.9 Å². The number of aryl methyl sites for hydroxylation is 1. The standard InChI is InChI=1S/C14H16BrNO/c1-11(17)5-2-3-9-16-10-8-12-13(15)6-4-7-14(12)16/h4,6-8,10H,2-3,5,9H2,1H3. The summed E-state index contributed by atoms with van der Waals surface area (Å²) in [7, 11) is 0. The number of benzene rings is 1. The zero-order valence-corrected chi connectivity index (χ0v) is 11.5. The van der Waals surface area contributed by atoms with Crippen LogP contribution in [0.2, 0.25) is 0 Å². The number of fused-ring (bicyclic) bond motifs is 1. The second-order valence-corrected chi connectivity index (χ2v) is 5.20. The lowest BCUT2D eigenvalue weighted by atomic mass is 10.2. The van der Waals surface area contributed by atoms with E-state index in [0.29, 0.717) is 6.42 Å². The van der Waals surface area contributed by atoms with Gasteiger partial charge < -0.3 is 9.36 Å². The van der Waals surface area contributed by atoms with Crippen LogP contribution in [0.4, 0.5) is 0 Å². The minimum Gasteiger partial charge on any atom is -0.347 e. The third-order valence-electron chi connectivity index (χ3n) is 2.94. The van der Waals surface area contributed by atoms with Gasteiger partial charge in [0.15, 0.2) is 0 Å². The van der Waals surface area contributed by atoms with Gasteiger partial charge in [0.25, 0.3) is 0 Å². The van der Waals surface area contributed by atoms with Crippen molar-refractivity contribution in [2.45, 2.75) is 32.7 Å². The van der Waals surface area contributed by atoms with Gasteiger partial charge in [-0.1, -0.05) is 22.0 Å². The number of Topliss-reactive ketones (excluding diaryl/α,β-unsaturated/α-hetero) is 1. The third kappa shape index (κ3) is 2.97. The van der Waals surface area contributed by atoms with Crippen molar-refractivity contribution in [1.29, 1.82) is 0 Å². The molecule has 1 aromatic carbocycles. The summed E-state index contributed by atoms with van der Waals surface area (Å²) in [6.45, 7) is 2.63. The Labute approximate surface area is 110 Å². The van der Waals surface area contributed by atoms with Gasteiger partial charge in [-0.05, 0) is 38.0 Å². The molecule has 0 saturated heterocycles. The van der Waals surface area contributed by atoms with Crippen LogP contribution in [0.3, 0.4) is 0 Å². The highest BCUT2D eigenvalue weighted by atomic mass is 79.9. The summed E-state index contributed by atoms with van der Waals surface area (Å²) in [6.07, 6.45) is 4.84. The Bertz CT molecular complexity index is 530. The lowest BCUT2D eigenvalue weighted by Gasteiger charge is -2.05. The molecule has 17 heavy (non-hydrogen) atoms. The van der Waals surface area contributed by atoms with E-state index >= 15 is 0 Å². The quantitative estimate of drug-likeness (QED) is 0.759. The average molecular weight is 294 g/mol. The summed E-state index contributed by atoms with van der Waals surface area (Å²) < 4.78 is 3.39. The maximum Gasteiger partial charge on any atom is 0.129 e. The number of unbranched alkanes of at least 4 members (excludes halogenated alkanes) is 1. The number of aromatic nitrogens is 1. The zero-order valence-electron chi connectivity index (χ0n) is 9.95. The number of ketones is 1. The van der Waals surface area contributed by atoms with Crippen molar-refractivity contribution >= 4 is 32.6 Å². The lowest BCUT2D eigenvalue weighted by molar-refractivity contribution is -0.117. The Balaban J connectivity index is 2.04. The van der Waals surface area contributed by atoms with E-state index in [9.17, 15) is 4.79 Å². The molecule has 0 bridgehead atoms. The van der Waals surface area contributed by atoms with Crippen LogP contribution in [0.15, 0.2) is 34.9 Å². The Morgan fingerprint density at radius 2 is 2.12 bits per heavy atom. The highest BCUT2D eigenvalue weighted by Gasteiger charge is 2.03. The highest BCUT2D eigenvalue weighted by molar-refractivity contribution is 9.10. The van der Waals surface area contributed by atoms with Crippen LogP contribution in [-0.2, 0) is 11.3 Å². The van der Waals surface area contributed by atoms with E-state index in [2.05, 4.69) is 51.0 Å². The predicted octanol–water partition coefficient (Wildman–Crippen LogP) is 4.16. The van der Waals surface area contributed by atoms with Crippen molar-refractivity contribution in [2.24, 2.45) is 0 Å². The van der Waals surface area contributed by atoms with Crippen LogP contribution in [0, 0.1) is 0 Å². The Morgan fingerprint density at radius 3 is 2.88 bits per heavy atom. The van der Waals surface area contributed by atoms with Crippen molar-refractivity contribution in [2.75, 3.05) is 0 Å². The van der Waals surface area contributed by atoms with E-state index in [1.807, 2.05) is 0 Å². The largest absolute Gasteiger partial charge is 0.347 e. The molecule has 0 radical (unpaired) electrons. The molecule has 0 saturated carbocycles. The number of nitrogens with zero attached hydrogens (tertiary/aromatic N) is 1. The molecule has 0 amide bonds. The molecule has 0 N–H and O–H groups in total. The first-order valence-corrected chi connectivity index (χ1v) is 6.70. The molecule has 2 nitrogen and oxygen atoms in total. The van der Waals surface area contributed by atoms with Gasteiger partial charge in [0, 0.05) is 34.5 Å². The first-order valence-electron chi connectivity index (χ1n) is 5.91. The van der Waals surface area contributed by atoms with Gasteiger partial charge in [-0.15, -0.1) is 0 Å². The van der Waals surface area contributed by atoms with Crippen molar-refractivity contribution in [1.82, 2.24) is 4.57 Å². The molecule has 0 aliphatic rings. The van der Waals surface area contributed by atoms with Crippen molar-refractivity contribution < 1.29 is 4.79 Å². The maximum atomic E-state index is 10.8. The van der Waals surface area contributed by atoms with Crippen LogP contribution in [0.5, 0.6) is 0 Å². The maximum absolute atomic E-state index is 10.8. The van der Waals surface area contributed by atoms with Gasteiger partial charge >= 0.3 is 0 Å². The molecule has 0 unspecified atom stereocenters. The van der Waals surface area contributed by atoms with Crippen LogP contribution in [-0.4, -0.2) is 10.4 Å². The molecule has 90 valence electrons. The molecule has 1 heterocycles. The monoisotopic (exact) mass is 293 g/mol. The Kier molecular flexibility index (Phi) is 4.00. The fourth-order valence-corrected chi connectivity index (χ4v) is 2.52. The fraction of sp³-hybridized carbons (Fsp3) is 0.357. The normalized spacial score (nSPS) is 10.9. The minimum absolute atomic E-state index is 0.283. The van der Waals surface area contributed by atoms with Gasteiger partial charge in [0.1, 0.15) is 5.78 Å². The van der Waals surface area contributed by atoms with Gasteiger partial charge in [-0.25, -0.2) is 0 Å². The molecule has 0 aliphatic carbocycles. The van der Waals surface area contributed by atoms with Gasteiger partial charge in [-0.3, -0.25) is 0 Å². The number of hydrogen-bond donors (Lipinski definition) is 0. The van der Waals surface area contributed by atoms with E-state index in [4.69, 9.17) is 0 Å². The number of carbonyl (C=O) groups excluding carboxylic acids is 1. The summed E-state index contributed by atoms with van der Waals surface area (Å²) in [5.74, 6) is 0.283. The first-order chi connectivity index (χ1) is 8.18. The van der Waals surface area contributed by atoms with Gasteiger partial charge in [0.05, 0.1) is 0 Å². The summed E-state index contributed by atoms with van der Waals surface area (Å²) >= 11 is 3.55. The smallest absolute Gasteiger partial charge is 0.129 e. The molecule has 1 aromatic heterocycles. The molecule has 0 fully saturated rings. The van der Waals surface area contributed by atoms with Crippen molar-refractivity contribution in [3.8, 4) is 0 Å². The predicted molar refractivity (Wildman–Crippen MR) is 74.2 cm³/mol. The highest BCUT2D eigenvalue weighted by Crippen LogP contribution is 2.24. The van der Waals surface area contributed by atoms with Crippen LogP contribution in [0.25, 0.3) is 10.9 Å². The second-order valence-electron chi connectivity index (χ2n) is 4.34. The zero-order chi connectivity index (χ0) is 12.3. The van der Waals surface area contributed by atoms with E-state index in [1.165, 1.54) is 10.9 Å². The van der Waals surface area contributed by atoms with Crippen molar-refractivity contribution in [3.63, 3.8) is 0 Å². The first kappa shape index (κ1) is 12.4. The number of halogens is 1. The van der Waals surface area contributed by atoms with Crippen LogP contribution < -0.4 is 0 Å². The molecule has 0 aliphatic heterocycles.